The van der Waals surface area contributed by atoms with E-state index in [0.717, 1.165) is 31.7 Å². The van der Waals surface area contributed by atoms with Crippen LogP contribution < -0.4 is 4.74 Å². The monoisotopic (exact) mass is 394 g/mol. The Bertz CT molecular complexity index is 815. The maximum absolute atomic E-state index is 13.8. The van der Waals surface area contributed by atoms with Crippen LogP contribution in [0, 0.1) is 17.8 Å². The Morgan fingerprint density at radius 2 is 1.97 bits per heavy atom. The van der Waals surface area contributed by atoms with E-state index in [1.54, 1.807) is 12.7 Å². The van der Waals surface area contributed by atoms with Crippen molar-refractivity contribution in [1.29, 1.82) is 0 Å². The number of methoxy groups -OCH3 is 1. The molecule has 0 aromatic heterocycles. The van der Waals surface area contributed by atoms with Gasteiger partial charge in [0.1, 0.15) is 5.75 Å². The zero-order chi connectivity index (χ0) is 19.6. The topological polar surface area (TPSA) is 32.8 Å². The standard InChI is InChI=1S/C25H34N2O2/c1-29-19-6-5-18-14-23-21-4-2-3-9-25(21,22(18)15-19)10-13-27(23)24(28)20-16-26-11-7-17(20)8-12-26/h5-6,15,17,20-21,23H,2-4,7-14,16H2,1H3/t20?,21-,23-,25+/m0/s1. The molecule has 0 radical (unpaired) electrons. The normalized spacial score (nSPS) is 40.2. The fourth-order valence-corrected chi connectivity index (χ4v) is 7.84. The van der Waals surface area contributed by atoms with E-state index in [-0.39, 0.29) is 11.3 Å². The Hall–Kier alpha value is -1.55. The molecule has 4 heterocycles. The molecule has 6 aliphatic rings. The maximum atomic E-state index is 13.8. The SMILES string of the molecule is COc1ccc2c(c1)[C@@]13CCCC[C@H]1[C@H](C2)N(C(=O)C1CN2CCC1CC2)CC3. The molecule has 1 aromatic rings. The number of piperidine rings is 4. The van der Waals surface area contributed by atoms with Gasteiger partial charge >= 0.3 is 0 Å². The summed E-state index contributed by atoms with van der Waals surface area (Å²) in [6.45, 7) is 4.38. The third kappa shape index (κ3) is 2.64. The fraction of sp³-hybridized carbons (Fsp3) is 0.720. The van der Waals surface area contributed by atoms with Crippen LogP contribution in [0.5, 0.6) is 5.75 Å². The van der Waals surface area contributed by atoms with Gasteiger partial charge in [0.25, 0.3) is 0 Å². The first-order chi connectivity index (χ1) is 14.2. The van der Waals surface area contributed by atoms with E-state index in [9.17, 15) is 4.79 Å². The quantitative estimate of drug-likeness (QED) is 0.768. The maximum Gasteiger partial charge on any atom is 0.227 e. The average Bonchev–Trinajstić information content (AvgIpc) is 2.79. The number of carbonyl (C=O) groups excluding carboxylic acids is 1. The van der Waals surface area contributed by atoms with Crippen molar-refractivity contribution in [3.8, 4) is 5.75 Å². The van der Waals surface area contributed by atoms with Gasteiger partial charge in [-0.15, -0.1) is 0 Å². The van der Waals surface area contributed by atoms with Gasteiger partial charge in [-0.05, 0) is 86.7 Å². The molecular formula is C25H34N2O2. The predicted molar refractivity (Wildman–Crippen MR) is 113 cm³/mol. The Labute approximate surface area is 174 Å². The second kappa shape index (κ2) is 6.73. The summed E-state index contributed by atoms with van der Waals surface area (Å²) < 4.78 is 5.59. The largest absolute Gasteiger partial charge is 0.497 e. The van der Waals surface area contributed by atoms with Gasteiger partial charge in [-0.2, -0.15) is 0 Å². The van der Waals surface area contributed by atoms with Crippen molar-refractivity contribution in [1.82, 2.24) is 9.80 Å². The van der Waals surface area contributed by atoms with E-state index in [1.807, 2.05) is 0 Å². The first-order valence-electron chi connectivity index (χ1n) is 11.9. The van der Waals surface area contributed by atoms with Gasteiger partial charge < -0.3 is 14.5 Å². The van der Waals surface area contributed by atoms with Gasteiger partial charge in [0.15, 0.2) is 0 Å². The van der Waals surface area contributed by atoms with Crippen LogP contribution in [0.3, 0.4) is 0 Å². The smallest absolute Gasteiger partial charge is 0.227 e. The molecule has 4 bridgehead atoms. The number of likely N-dealkylation sites (tertiary alicyclic amines) is 1. The number of nitrogens with zero attached hydrogens (tertiary/aromatic N) is 2. The van der Waals surface area contributed by atoms with Crippen LogP contribution >= 0.6 is 0 Å². The lowest BCUT2D eigenvalue weighted by molar-refractivity contribution is -0.151. The number of fused-ring (bicyclic) bond motifs is 4. The highest BCUT2D eigenvalue weighted by molar-refractivity contribution is 5.80. The second-order valence-electron chi connectivity index (χ2n) is 10.3. The number of hydrogen-bond donors (Lipinski definition) is 0. The van der Waals surface area contributed by atoms with Gasteiger partial charge in [0, 0.05) is 24.5 Å². The molecule has 1 saturated carbocycles. The Morgan fingerprint density at radius 3 is 2.72 bits per heavy atom. The van der Waals surface area contributed by atoms with Gasteiger partial charge in [-0.25, -0.2) is 0 Å². The highest BCUT2D eigenvalue weighted by Crippen LogP contribution is 2.56. The number of hydrogen-bond acceptors (Lipinski definition) is 3. The molecule has 156 valence electrons. The fourth-order valence-electron chi connectivity index (χ4n) is 7.84. The first kappa shape index (κ1) is 18.2. The van der Waals surface area contributed by atoms with Gasteiger partial charge in [-0.3, -0.25) is 4.79 Å². The van der Waals surface area contributed by atoms with Crippen LogP contribution in [-0.2, 0) is 16.6 Å². The van der Waals surface area contributed by atoms with Gasteiger partial charge in [-0.1, -0.05) is 18.9 Å². The summed E-state index contributed by atoms with van der Waals surface area (Å²) in [5, 5.41) is 0. The molecule has 4 aliphatic heterocycles. The predicted octanol–water partition coefficient (Wildman–Crippen LogP) is 3.62. The number of benzene rings is 1. The second-order valence-corrected chi connectivity index (χ2v) is 10.3. The van der Waals surface area contributed by atoms with E-state index >= 15 is 0 Å². The minimum atomic E-state index is 0.255. The van der Waals surface area contributed by atoms with Gasteiger partial charge in [0.05, 0.1) is 13.0 Å². The number of carbonyl (C=O) groups is 1. The molecule has 29 heavy (non-hydrogen) atoms. The van der Waals surface area contributed by atoms with Crippen LogP contribution in [0.15, 0.2) is 18.2 Å². The molecule has 1 aromatic carbocycles. The number of amides is 1. The molecule has 0 spiro atoms. The zero-order valence-corrected chi connectivity index (χ0v) is 17.7. The molecule has 4 saturated heterocycles. The average molecular weight is 395 g/mol. The van der Waals surface area contributed by atoms with Crippen molar-refractivity contribution < 1.29 is 9.53 Å². The Morgan fingerprint density at radius 1 is 1.10 bits per heavy atom. The lowest BCUT2D eigenvalue weighted by Gasteiger charge is -2.60. The summed E-state index contributed by atoms with van der Waals surface area (Å²) in [6.07, 6.45) is 9.86. The summed E-state index contributed by atoms with van der Waals surface area (Å²) in [4.78, 5) is 18.7. The lowest BCUT2D eigenvalue weighted by Crippen LogP contribution is -2.64. The van der Waals surface area contributed by atoms with Crippen LogP contribution in [0.4, 0.5) is 0 Å². The molecule has 5 fully saturated rings. The molecule has 1 amide bonds. The van der Waals surface area contributed by atoms with E-state index in [1.165, 1.54) is 57.2 Å². The van der Waals surface area contributed by atoms with Crippen molar-refractivity contribution in [2.75, 3.05) is 33.3 Å². The van der Waals surface area contributed by atoms with Crippen molar-refractivity contribution in [2.45, 2.75) is 62.8 Å². The molecule has 2 aliphatic carbocycles. The van der Waals surface area contributed by atoms with Crippen molar-refractivity contribution >= 4 is 5.91 Å². The van der Waals surface area contributed by atoms with Gasteiger partial charge in [0.2, 0.25) is 5.91 Å². The van der Waals surface area contributed by atoms with Crippen molar-refractivity contribution in [3.05, 3.63) is 29.3 Å². The highest BCUT2D eigenvalue weighted by Gasteiger charge is 2.55. The third-order valence-corrected chi connectivity index (χ3v) is 9.30. The van der Waals surface area contributed by atoms with E-state index in [0.29, 0.717) is 23.8 Å². The minimum absolute atomic E-state index is 0.255. The summed E-state index contributed by atoms with van der Waals surface area (Å²) in [7, 11) is 1.78. The molecular weight excluding hydrogens is 360 g/mol. The third-order valence-electron chi connectivity index (χ3n) is 9.30. The zero-order valence-electron chi connectivity index (χ0n) is 17.7. The summed E-state index contributed by atoms with van der Waals surface area (Å²) >= 11 is 0. The van der Waals surface area contributed by atoms with Crippen molar-refractivity contribution in [2.24, 2.45) is 17.8 Å². The summed E-state index contributed by atoms with van der Waals surface area (Å²) in [5.41, 5.74) is 3.30. The molecule has 7 rings (SSSR count). The van der Waals surface area contributed by atoms with E-state index in [2.05, 4.69) is 28.0 Å². The Balaban J connectivity index is 1.35. The van der Waals surface area contributed by atoms with Crippen LogP contribution in [0.25, 0.3) is 0 Å². The minimum Gasteiger partial charge on any atom is -0.497 e. The summed E-state index contributed by atoms with van der Waals surface area (Å²) in [5.74, 6) is 3.00. The molecule has 0 N–H and O–H groups in total. The first-order valence-corrected chi connectivity index (χ1v) is 11.9. The number of rotatable bonds is 2. The highest BCUT2D eigenvalue weighted by atomic mass is 16.5. The van der Waals surface area contributed by atoms with E-state index in [4.69, 9.17) is 4.74 Å². The number of ether oxygens (including phenoxy) is 1. The molecule has 4 heteroatoms. The Kier molecular flexibility index (Phi) is 4.23. The van der Waals surface area contributed by atoms with Crippen LogP contribution in [0.2, 0.25) is 0 Å². The lowest BCUT2D eigenvalue weighted by atomic mass is 9.52. The molecule has 1 unspecified atom stereocenters. The molecule has 4 nitrogen and oxygen atoms in total. The van der Waals surface area contributed by atoms with Crippen LogP contribution in [-0.4, -0.2) is 55.0 Å². The molecule has 4 atom stereocenters. The van der Waals surface area contributed by atoms with E-state index < -0.39 is 0 Å². The van der Waals surface area contributed by atoms with Crippen LogP contribution in [0.1, 0.15) is 56.1 Å². The summed E-state index contributed by atoms with van der Waals surface area (Å²) in [6, 6.07) is 7.14. The van der Waals surface area contributed by atoms with Crippen molar-refractivity contribution in [3.63, 3.8) is 0 Å².